The molecule has 0 amide bonds. The first-order chi connectivity index (χ1) is 11.8. The van der Waals surface area contributed by atoms with Gasteiger partial charge < -0.3 is 19.1 Å². The predicted octanol–water partition coefficient (Wildman–Crippen LogP) is 1.83. The molecule has 0 fully saturated rings. The Morgan fingerprint density at radius 2 is 1.92 bits per heavy atom. The molecule has 0 saturated carbocycles. The molecule has 1 aromatic carbocycles. The fourth-order valence-corrected chi connectivity index (χ4v) is 2.60. The minimum Gasteiger partial charge on any atom is -0.493 e. The van der Waals surface area contributed by atoms with E-state index in [9.17, 15) is 4.21 Å². The van der Waals surface area contributed by atoms with Gasteiger partial charge in [0.25, 0.3) is 0 Å². The van der Waals surface area contributed by atoms with E-state index in [-0.39, 0.29) is 11.9 Å². The Balaban J connectivity index is 2.07. The van der Waals surface area contributed by atoms with Crippen LogP contribution in [0.3, 0.4) is 0 Å². The molecule has 0 saturated heterocycles. The molecule has 0 aliphatic carbocycles. The van der Waals surface area contributed by atoms with Crippen molar-refractivity contribution in [1.29, 1.82) is 0 Å². The van der Waals surface area contributed by atoms with Gasteiger partial charge in [-0.2, -0.15) is 0 Å². The number of methoxy groups -OCH3 is 2. The molecule has 8 heteroatoms. The summed E-state index contributed by atoms with van der Waals surface area (Å²) in [5, 5.41) is 0.822. The zero-order valence-corrected chi connectivity index (χ0v) is 14.0. The number of rotatable bonds is 5. The Morgan fingerprint density at radius 1 is 1.12 bits per heavy atom. The van der Waals surface area contributed by atoms with E-state index < -0.39 is 0 Å². The number of aromatic nitrogens is 2. The van der Waals surface area contributed by atoms with Crippen molar-refractivity contribution < 1.29 is 13.7 Å². The molecular formula is C16H16N4O3S. The van der Waals surface area contributed by atoms with Crippen LogP contribution in [0.1, 0.15) is 0 Å². The number of ether oxygens (including phenoxy) is 2. The second-order valence-electron chi connectivity index (χ2n) is 4.81. The van der Waals surface area contributed by atoms with E-state index in [1.807, 2.05) is 41.6 Å². The molecule has 0 bridgehead atoms. The molecule has 0 radical (unpaired) electrons. The van der Waals surface area contributed by atoms with Crippen molar-refractivity contribution >= 4 is 28.6 Å². The molecule has 1 N–H and O–H groups in total. The van der Waals surface area contributed by atoms with E-state index in [0.29, 0.717) is 17.3 Å². The summed E-state index contributed by atoms with van der Waals surface area (Å²) < 4.78 is 24.1. The Labute approximate surface area is 142 Å². The Morgan fingerprint density at radius 3 is 2.67 bits per heavy atom. The molecule has 2 heterocycles. The average Bonchev–Trinajstić information content (AvgIpc) is 2.86. The predicted molar refractivity (Wildman–Crippen MR) is 94.2 cm³/mol. The summed E-state index contributed by atoms with van der Waals surface area (Å²) >= 11 is -0.152. The maximum atomic E-state index is 10.7. The van der Waals surface area contributed by atoms with E-state index in [1.165, 1.54) is 6.33 Å². The molecule has 0 spiro atoms. The molecule has 24 heavy (non-hydrogen) atoms. The van der Waals surface area contributed by atoms with Gasteiger partial charge in [-0.15, -0.1) is 0 Å². The summed E-state index contributed by atoms with van der Waals surface area (Å²) in [6.45, 7) is 0. The number of hydrogen-bond donors (Lipinski definition) is 2. The minimum absolute atomic E-state index is 0.152. The summed E-state index contributed by atoms with van der Waals surface area (Å²) in [6.07, 6.45) is 10.6. The number of benzene rings is 1. The van der Waals surface area contributed by atoms with Crippen molar-refractivity contribution in [1.82, 2.24) is 14.7 Å². The van der Waals surface area contributed by atoms with Crippen molar-refractivity contribution in [2.24, 2.45) is 0 Å². The third-order valence-corrected chi connectivity index (χ3v) is 3.83. The molecule has 0 unspecified atom stereocenters. The Kier molecular flexibility index (Phi) is 4.76. The highest BCUT2D eigenvalue weighted by Crippen LogP contribution is 2.35. The van der Waals surface area contributed by atoms with Crippen LogP contribution >= 0.6 is 0 Å². The van der Waals surface area contributed by atoms with Gasteiger partial charge in [0.1, 0.15) is 24.0 Å². The quantitative estimate of drug-likeness (QED) is 0.806. The number of nitrogens with zero attached hydrogens (tertiary/aromatic N) is 3. The number of hydrogen-bond acceptors (Lipinski definition) is 6. The molecule has 0 atom stereocenters. The molecule has 124 valence electrons. The fraction of sp³-hybridized carbons (Fsp3) is 0.125. The van der Waals surface area contributed by atoms with Crippen LogP contribution in [0.15, 0.2) is 54.8 Å². The maximum absolute atomic E-state index is 10.7. The van der Waals surface area contributed by atoms with Crippen molar-refractivity contribution in [2.45, 2.75) is 0 Å². The standard InChI is InChI=1S/C16H16N4O3S/c1-22-14-8-12-13(9-15(14)23-2)17-10-18-16(12)20-6-3-4-11(5-7-20)19-24-21/h3-10,24H,1-2H3,(H,19,21). The number of fused-ring (bicyclic) bond motifs is 1. The number of allylic oxidation sites excluding steroid dienone is 3. The first kappa shape index (κ1) is 16.0. The lowest BCUT2D eigenvalue weighted by molar-refractivity contribution is 0.356. The smallest absolute Gasteiger partial charge is 0.162 e. The zero-order chi connectivity index (χ0) is 16.9. The number of nitrogens with one attached hydrogen (secondary N) is 1. The van der Waals surface area contributed by atoms with Gasteiger partial charge >= 0.3 is 0 Å². The summed E-state index contributed by atoms with van der Waals surface area (Å²) in [4.78, 5) is 10.5. The fourth-order valence-electron chi connectivity index (χ4n) is 2.35. The van der Waals surface area contributed by atoms with E-state index in [4.69, 9.17) is 9.47 Å². The SMILES string of the molecule is COc1cc2ncnc(N3C=CC=C(N[SH]=O)C=C3)c2cc1OC. The summed E-state index contributed by atoms with van der Waals surface area (Å²) in [6, 6.07) is 3.66. The largest absolute Gasteiger partial charge is 0.493 e. The van der Waals surface area contributed by atoms with Crippen LogP contribution in [-0.2, 0) is 11.9 Å². The van der Waals surface area contributed by atoms with Gasteiger partial charge in [0, 0.05) is 29.5 Å². The van der Waals surface area contributed by atoms with Crippen LogP contribution in [0, 0.1) is 0 Å². The lowest BCUT2D eigenvalue weighted by Crippen LogP contribution is -2.10. The monoisotopic (exact) mass is 344 g/mol. The van der Waals surface area contributed by atoms with E-state index in [2.05, 4.69) is 14.7 Å². The van der Waals surface area contributed by atoms with Crippen LogP contribution in [-0.4, -0.2) is 28.4 Å². The molecule has 1 aliphatic heterocycles. The van der Waals surface area contributed by atoms with Crippen molar-refractivity contribution in [3.63, 3.8) is 0 Å². The van der Waals surface area contributed by atoms with Crippen LogP contribution in [0.4, 0.5) is 5.82 Å². The van der Waals surface area contributed by atoms with Gasteiger partial charge in [-0.25, -0.2) is 14.2 Å². The third kappa shape index (κ3) is 3.09. The summed E-state index contributed by atoms with van der Waals surface area (Å²) in [7, 11) is 3.17. The third-order valence-electron chi connectivity index (χ3n) is 3.48. The number of thiol groups is 1. The van der Waals surface area contributed by atoms with Crippen LogP contribution in [0.2, 0.25) is 0 Å². The van der Waals surface area contributed by atoms with Crippen molar-refractivity contribution in [3.05, 3.63) is 54.8 Å². The average molecular weight is 344 g/mol. The lowest BCUT2D eigenvalue weighted by atomic mass is 10.2. The molecule has 3 rings (SSSR count). The first-order valence-electron chi connectivity index (χ1n) is 7.07. The van der Waals surface area contributed by atoms with Gasteiger partial charge in [0.2, 0.25) is 0 Å². The molecule has 7 nitrogen and oxygen atoms in total. The van der Waals surface area contributed by atoms with Gasteiger partial charge in [-0.05, 0) is 24.3 Å². The van der Waals surface area contributed by atoms with E-state index in [1.54, 1.807) is 20.3 Å². The van der Waals surface area contributed by atoms with Crippen LogP contribution < -0.4 is 19.1 Å². The molecule has 1 aromatic heterocycles. The normalized spacial score (nSPS) is 13.6. The molecule has 2 aromatic rings. The zero-order valence-electron chi connectivity index (χ0n) is 13.1. The summed E-state index contributed by atoms with van der Waals surface area (Å²) in [5.74, 6) is 1.91. The van der Waals surface area contributed by atoms with Crippen LogP contribution in [0.25, 0.3) is 10.9 Å². The lowest BCUT2D eigenvalue weighted by Gasteiger charge is -2.17. The van der Waals surface area contributed by atoms with Gasteiger partial charge in [-0.3, -0.25) is 0 Å². The van der Waals surface area contributed by atoms with Crippen LogP contribution in [0.5, 0.6) is 11.5 Å². The van der Waals surface area contributed by atoms with Gasteiger partial charge in [0.15, 0.2) is 11.5 Å². The van der Waals surface area contributed by atoms with Gasteiger partial charge in [-0.1, -0.05) is 0 Å². The number of anilines is 1. The summed E-state index contributed by atoms with van der Waals surface area (Å²) in [5.41, 5.74) is 1.47. The van der Waals surface area contributed by atoms with E-state index >= 15 is 0 Å². The maximum Gasteiger partial charge on any atom is 0.162 e. The van der Waals surface area contributed by atoms with Gasteiger partial charge in [0.05, 0.1) is 19.7 Å². The molecular weight excluding hydrogens is 328 g/mol. The second-order valence-corrected chi connectivity index (χ2v) is 5.22. The van der Waals surface area contributed by atoms with Crippen molar-refractivity contribution in [3.8, 4) is 11.5 Å². The topological polar surface area (TPSA) is 76.6 Å². The minimum atomic E-state index is -0.152. The van der Waals surface area contributed by atoms with Crippen molar-refractivity contribution in [2.75, 3.05) is 19.1 Å². The first-order valence-corrected chi connectivity index (χ1v) is 7.88. The Hall–Kier alpha value is -2.87. The highest BCUT2D eigenvalue weighted by Gasteiger charge is 2.13. The second kappa shape index (κ2) is 7.14. The van der Waals surface area contributed by atoms with E-state index in [0.717, 1.165) is 16.6 Å². The highest BCUT2D eigenvalue weighted by molar-refractivity contribution is 7.63. The Bertz CT molecular complexity index is 864. The molecule has 1 aliphatic rings. The highest BCUT2D eigenvalue weighted by atomic mass is 32.2.